The summed E-state index contributed by atoms with van der Waals surface area (Å²) in [7, 11) is 3.04. The van der Waals surface area contributed by atoms with Crippen LogP contribution in [0, 0.1) is 0 Å². The molecule has 0 aromatic heterocycles. The molecule has 0 amide bonds. The van der Waals surface area contributed by atoms with Crippen molar-refractivity contribution >= 4 is 9.47 Å². The van der Waals surface area contributed by atoms with Crippen LogP contribution in [0.1, 0.15) is 65.7 Å². The first kappa shape index (κ1) is 39.9. The van der Waals surface area contributed by atoms with Gasteiger partial charge in [0.05, 0.1) is 13.2 Å². The molecule has 11 unspecified atom stereocenters. The Morgan fingerprint density at radius 2 is 1.05 bits per heavy atom. The van der Waals surface area contributed by atoms with E-state index < -0.39 is 61.4 Å². The summed E-state index contributed by atoms with van der Waals surface area (Å²) in [5.74, 6) is 0. The quantitative estimate of drug-likeness (QED) is 0.0853. The number of unbranched alkanes of at least 4 members (excludes halogenated alkanes) is 5. The number of methoxy groups -OCH3 is 1. The number of aliphatic hydroxyl groups excluding tert-OH is 6. The summed E-state index contributed by atoms with van der Waals surface area (Å²) in [6.07, 6.45) is -6.99. The highest BCUT2D eigenvalue weighted by Gasteiger charge is 2.47. The van der Waals surface area contributed by atoms with Crippen LogP contribution in [0.2, 0.25) is 0 Å². The molecule has 0 saturated carbocycles. The molecule has 2 aliphatic rings. The van der Waals surface area contributed by atoms with Crippen LogP contribution in [-0.2, 0) is 28.4 Å². The lowest BCUT2D eigenvalue weighted by atomic mass is 9.98. The Labute approximate surface area is 241 Å². The molecule has 40 heavy (non-hydrogen) atoms. The molecule has 0 radical (unpaired) electrons. The molecule has 11 atom stereocenters. The van der Waals surface area contributed by atoms with Crippen molar-refractivity contribution in [2.45, 2.75) is 127 Å². The third kappa shape index (κ3) is 13.9. The van der Waals surface area contributed by atoms with Crippen LogP contribution in [-0.4, -0.2) is 137 Å². The predicted molar refractivity (Wildman–Crippen MR) is 149 cm³/mol. The molecule has 2 saturated heterocycles. The maximum absolute atomic E-state index is 10.3. The number of aliphatic hydroxyl groups is 6. The maximum Gasteiger partial charge on any atom is 0.186 e. The Morgan fingerprint density at radius 3 is 1.60 bits per heavy atom. The minimum Gasteiger partial charge on any atom is -0.387 e. The van der Waals surface area contributed by atoms with Gasteiger partial charge >= 0.3 is 0 Å². The summed E-state index contributed by atoms with van der Waals surface area (Å²) < 4.78 is 32.9. The Kier molecular flexibility index (Phi) is 24.3. The SMILES string of the molecule is CC.CCCCCCOCC1OC(OCC2OC(OCCCCCOC)C(O)C(O)C2O)C(O)C(O)C1O.OP. The molecule has 14 heteroatoms. The fraction of sp³-hybridized carbons (Fsp3) is 1.00. The molecular formula is C26H55O13P. The standard InChI is InChI=1S/C24H46O12.C2H6.H3OP/c1-3-4-5-8-11-32-13-15-17(25)19(27)22(30)24(35-15)34-14-16-18(26)20(28)21(29)23(36-16)33-12-9-6-7-10-31-2;2*1-2/h15-30H,3-14H2,1-2H3;1-2H3;1H,2H2. The van der Waals surface area contributed by atoms with E-state index in [4.69, 9.17) is 33.3 Å². The molecule has 2 heterocycles. The minimum absolute atomic E-state index is 0.00465. The van der Waals surface area contributed by atoms with E-state index in [1.165, 1.54) is 9.47 Å². The van der Waals surface area contributed by atoms with E-state index in [9.17, 15) is 30.6 Å². The van der Waals surface area contributed by atoms with Crippen molar-refractivity contribution in [3.05, 3.63) is 0 Å². The molecule has 242 valence electrons. The van der Waals surface area contributed by atoms with Gasteiger partial charge in [0, 0.05) is 26.9 Å². The van der Waals surface area contributed by atoms with Gasteiger partial charge in [-0.05, 0) is 35.2 Å². The molecule has 2 aliphatic heterocycles. The minimum atomic E-state index is -1.56. The van der Waals surface area contributed by atoms with Crippen LogP contribution >= 0.6 is 9.47 Å². The monoisotopic (exact) mass is 606 g/mol. The number of ether oxygens (including phenoxy) is 6. The molecule has 0 spiro atoms. The number of hydrogen-bond acceptors (Lipinski definition) is 13. The van der Waals surface area contributed by atoms with Crippen LogP contribution in [0.4, 0.5) is 0 Å². The van der Waals surface area contributed by atoms with E-state index in [2.05, 4.69) is 6.92 Å². The zero-order valence-corrected chi connectivity index (χ0v) is 25.6. The summed E-state index contributed by atoms with van der Waals surface area (Å²) in [5, 5.41) is 61.6. The largest absolute Gasteiger partial charge is 0.387 e. The summed E-state index contributed by atoms with van der Waals surface area (Å²) in [6.45, 7) is 7.17. The van der Waals surface area contributed by atoms with Crippen molar-refractivity contribution in [1.82, 2.24) is 0 Å². The van der Waals surface area contributed by atoms with Gasteiger partial charge in [-0.1, -0.05) is 40.0 Å². The maximum atomic E-state index is 10.3. The molecule has 13 nitrogen and oxygen atoms in total. The van der Waals surface area contributed by atoms with Crippen LogP contribution in [0.3, 0.4) is 0 Å². The van der Waals surface area contributed by atoms with Gasteiger partial charge in [-0.3, -0.25) is 0 Å². The average Bonchev–Trinajstić information content (AvgIpc) is 2.98. The molecular weight excluding hydrogens is 551 g/mol. The van der Waals surface area contributed by atoms with Gasteiger partial charge in [0.15, 0.2) is 12.6 Å². The van der Waals surface area contributed by atoms with E-state index >= 15 is 0 Å². The van der Waals surface area contributed by atoms with E-state index in [-0.39, 0.29) is 19.8 Å². The molecule has 7 N–H and O–H groups in total. The molecule has 0 aromatic rings. The van der Waals surface area contributed by atoms with Gasteiger partial charge in [-0.25, -0.2) is 0 Å². The van der Waals surface area contributed by atoms with Gasteiger partial charge in [-0.2, -0.15) is 0 Å². The Bertz CT molecular complexity index is 531. The average molecular weight is 607 g/mol. The van der Waals surface area contributed by atoms with E-state index in [0.29, 0.717) is 19.6 Å². The first-order valence-electron chi connectivity index (χ1n) is 14.3. The van der Waals surface area contributed by atoms with Gasteiger partial charge in [0.25, 0.3) is 0 Å². The van der Waals surface area contributed by atoms with Crippen molar-refractivity contribution in [2.75, 3.05) is 40.1 Å². The summed E-state index contributed by atoms with van der Waals surface area (Å²) in [6, 6.07) is 0. The van der Waals surface area contributed by atoms with E-state index in [0.717, 1.165) is 38.5 Å². The van der Waals surface area contributed by atoms with Crippen molar-refractivity contribution in [1.29, 1.82) is 0 Å². The molecule has 0 aromatic carbocycles. The Hall–Kier alpha value is -0.0900. The zero-order valence-electron chi connectivity index (χ0n) is 24.4. The molecule has 0 bridgehead atoms. The Balaban J connectivity index is 0.00000363. The topological polar surface area (TPSA) is 197 Å². The predicted octanol–water partition coefficient (Wildman–Crippen LogP) is -0.157. The fourth-order valence-corrected chi connectivity index (χ4v) is 4.13. The van der Waals surface area contributed by atoms with E-state index in [1.54, 1.807) is 7.11 Å². The number of hydrogen-bond donors (Lipinski definition) is 7. The van der Waals surface area contributed by atoms with Crippen molar-refractivity contribution in [3.8, 4) is 0 Å². The lowest BCUT2D eigenvalue weighted by molar-refractivity contribution is -0.331. The smallest absolute Gasteiger partial charge is 0.186 e. The Morgan fingerprint density at radius 1 is 0.575 bits per heavy atom. The lowest BCUT2D eigenvalue weighted by Gasteiger charge is -2.43. The summed E-state index contributed by atoms with van der Waals surface area (Å²) >= 11 is 0. The highest BCUT2D eigenvalue weighted by molar-refractivity contribution is 7.08. The third-order valence-corrected chi connectivity index (χ3v) is 6.46. The lowest BCUT2D eigenvalue weighted by Crippen LogP contribution is -2.61. The normalized spacial score (nSPS) is 33.9. The fourth-order valence-electron chi connectivity index (χ4n) is 4.13. The van der Waals surface area contributed by atoms with Gasteiger partial charge in [0.2, 0.25) is 0 Å². The third-order valence-electron chi connectivity index (χ3n) is 6.46. The first-order chi connectivity index (χ1) is 19.3. The van der Waals surface area contributed by atoms with Crippen LogP contribution < -0.4 is 0 Å². The van der Waals surface area contributed by atoms with Gasteiger partial charge < -0.3 is 64.0 Å². The van der Waals surface area contributed by atoms with Crippen molar-refractivity contribution in [3.63, 3.8) is 0 Å². The van der Waals surface area contributed by atoms with Gasteiger partial charge in [0.1, 0.15) is 48.8 Å². The molecule has 0 aliphatic carbocycles. The van der Waals surface area contributed by atoms with Crippen LogP contribution in [0.5, 0.6) is 0 Å². The second-order valence-corrected chi connectivity index (χ2v) is 9.42. The second-order valence-electron chi connectivity index (χ2n) is 9.42. The van der Waals surface area contributed by atoms with E-state index in [1.807, 2.05) is 13.8 Å². The molecule has 2 fully saturated rings. The van der Waals surface area contributed by atoms with Crippen molar-refractivity contribution in [2.24, 2.45) is 0 Å². The highest BCUT2D eigenvalue weighted by Crippen LogP contribution is 2.26. The highest BCUT2D eigenvalue weighted by atomic mass is 31.0. The van der Waals surface area contributed by atoms with Gasteiger partial charge in [-0.15, -0.1) is 0 Å². The first-order valence-corrected chi connectivity index (χ1v) is 14.8. The summed E-state index contributed by atoms with van der Waals surface area (Å²) in [5.41, 5.74) is 0. The number of rotatable bonds is 17. The second kappa shape index (κ2) is 24.4. The molecule has 2 rings (SSSR count). The summed E-state index contributed by atoms with van der Waals surface area (Å²) in [4.78, 5) is 6.92. The van der Waals surface area contributed by atoms with Crippen LogP contribution in [0.15, 0.2) is 0 Å². The zero-order chi connectivity index (χ0) is 30.5. The van der Waals surface area contributed by atoms with Crippen LogP contribution in [0.25, 0.3) is 0 Å². The van der Waals surface area contributed by atoms with Crippen molar-refractivity contribution < 1.29 is 64.0 Å².